The number of benzene rings is 2. The number of nitrogens with zero attached hydrogens (tertiary/aromatic N) is 1. The van der Waals surface area contributed by atoms with E-state index in [4.69, 9.17) is 14.3 Å². The third-order valence-electron chi connectivity index (χ3n) is 4.71. The summed E-state index contributed by atoms with van der Waals surface area (Å²) in [4.78, 5) is 18.6. The van der Waals surface area contributed by atoms with Gasteiger partial charge in [-0.2, -0.15) is 0 Å². The number of H-pyrrole nitrogens is 1. The maximum atomic E-state index is 10.9. The van der Waals surface area contributed by atoms with Crippen molar-refractivity contribution in [1.82, 2.24) is 9.97 Å². The van der Waals surface area contributed by atoms with Crippen molar-refractivity contribution in [1.29, 1.82) is 0 Å². The number of oxazole rings is 1. The zero-order valence-corrected chi connectivity index (χ0v) is 17.3. The molecule has 0 aliphatic rings. The molecule has 148 valence electrons. The second kappa shape index (κ2) is 8.13. The molecule has 0 bridgehead atoms. The Labute approximate surface area is 175 Å². The van der Waals surface area contributed by atoms with Crippen LogP contribution in [-0.4, -0.2) is 21.0 Å². The van der Waals surface area contributed by atoms with Gasteiger partial charge in [-0.25, -0.2) is 4.98 Å². The Morgan fingerprint density at radius 3 is 2.79 bits per heavy atom. The summed E-state index contributed by atoms with van der Waals surface area (Å²) in [6.45, 7) is 2.15. The highest BCUT2D eigenvalue weighted by Crippen LogP contribution is 2.27. The van der Waals surface area contributed by atoms with Crippen LogP contribution in [0, 0.1) is 6.92 Å². The van der Waals surface area contributed by atoms with Gasteiger partial charge in [0, 0.05) is 33.6 Å². The van der Waals surface area contributed by atoms with Crippen molar-refractivity contribution in [3.8, 4) is 17.2 Å². The maximum Gasteiger partial charge on any atom is 0.303 e. The minimum Gasteiger partial charge on any atom is -0.487 e. The topological polar surface area (TPSA) is 88.4 Å². The molecule has 2 heterocycles. The van der Waals surface area contributed by atoms with Crippen LogP contribution in [0.4, 0.5) is 0 Å². The number of carbonyl (C=O) groups is 1. The quantitative estimate of drug-likeness (QED) is 0.385. The van der Waals surface area contributed by atoms with Crippen molar-refractivity contribution in [2.45, 2.75) is 26.4 Å². The molecule has 0 aliphatic carbocycles. The van der Waals surface area contributed by atoms with E-state index in [2.05, 4.69) is 25.9 Å². The van der Waals surface area contributed by atoms with Crippen LogP contribution in [0.15, 0.2) is 57.6 Å². The van der Waals surface area contributed by atoms with Crippen molar-refractivity contribution in [3.63, 3.8) is 0 Å². The van der Waals surface area contributed by atoms with E-state index in [1.54, 1.807) is 0 Å². The molecule has 2 aromatic carbocycles. The van der Waals surface area contributed by atoms with Crippen LogP contribution in [0.25, 0.3) is 22.4 Å². The van der Waals surface area contributed by atoms with Crippen molar-refractivity contribution < 1.29 is 19.1 Å². The first-order valence-electron chi connectivity index (χ1n) is 9.16. The molecule has 2 N–H and O–H groups in total. The number of rotatable bonds is 7. The van der Waals surface area contributed by atoms with Crippen LogP contribution in [0.2, 0.25) is 0 Å². The highest BCUT2D eigenvalue weighted by atomic mass is 79.9. The normalized spacial score (nSPS) is 11.1. The molecule has 6 nitrogen and oxygen atoms in total. The van der Waals surface area contributed by atoms with Gasteiger partial charge in [-0.1, -0.05) is 15.9 Å². The van der Waals surface area contributed by atoms with E-state index >= 15 is 0 Å². The predicted octanol–water partition coefficient (Wildman–Crippen LogP) is 5.49. The molecule has 2 aromatic heterocycles. The second-order valence-corrected chi connectivity index (χ2v) is 7.65. The molecular weight excluding hydrogens is 436 g/mol. The van der Waals surface area contributed by atoms with Gasteiger partial charge < -0.3 is 19.2 Å². The third-order valence-corrected chi connectivity index (χ3v) is 5.24. The van der Waals surface area contributed by atoms with Crippen LogP contribution in [0.1, 0.15) is 23.4 Å². The summed E-state index contributed by atoms with van der Waals surface area (Å²) in [6, 6.07) is 13.5. The summed E-state index contributed by atoms with van der Waals surface area (Å²) in [7, 11) is 0. The first-order chi connectivity index (χ1) is 14.0. The largest absolute Gasteiger partial charge is 0.487 e. The van der Waals surface area contributed by atoms with E-state index in [0.717, 1.165) is 32.2 Å². The van der Waals surface area contributed by atoms with Crippen LogP contribution < -0.4 is 4.74 Å². The van der Waals surface area contributed by atoms with Gasteiger partial charge >= 0.3 is 5.97 Å². The molecule has 4 rings (SSSR count). The Morgan fingerprint density at radius 2 is 2.03 bits per heavy atom. The zero-order chi connectivity index (χ0) is 20.4. The number of ether oxygens (including phenoxy) is 1. The Balaban J connectivity index is 1.50. The average molecular weight is 455 g/mol. The number of hydrogen-bond donors (Lipinski definition) is 2. The van der Waals surface area contributed by atoms with E-state index in [1.807, 2.05) is 55.6 Å². The van der Waals surface area contributed by atoms with Gasteiger partial charge in [0.25, 0.3) is 0 Å². The fourth-order valence-electron chi connectivity index (χ4n) is 3.13. The van der Waals surface area contributed by atoms with Crippen molar-refractivity contribution in [3.05, 3.63) is 70.2 Å². The van der Waals surface area contributed by atoms with Crippen LogP contribution in [-0.2, 0) is 17.8 Å². The number of nitrogens with one attached hydrogen (secondary N) is 1. The van der Waals surface area contributed by atoms with Crippen molar-refractivity contribution in [2.75, 3.05) is 0 Å². The fraction of sp³-hybridized carbons (Fsp3) is 0.182. The van der Waals surface area contributed by atoms with Crippen LogP contribution in [0.5, 0.6) is 5.75 Å². The molecule has 0 amide bonds. The lowest BCUT2D eigenvalue weighted by Gasteiger charge is -2.05. The lowest BCUT2D eigenvalue weighted by atomic mass is 10.1. The molecular formula is C22H19BrN2O4. The van der Waals surface area contributed by atoms with Crippen molar-refractivity contribution in [2.24, 2.45) is 0 Å². The molecule has 0 saturated carbocycles. The number of aryl methyl sites for hydroxylation is 2. The molecule has 0 unspecified atom stereocenters. The lowest BCUT2D eigenvalue weighted by molar-refractivity contribution is -0.136. The number of aliphatic carboxylic acids is 1. The molecule has 4 aromatic rings. The number of hydrogen-bond acceptors (Lipinski definition) is 4. The number of fused-ring (bicyclic) bond motifs is 1. The standard InChI is InChI=1S/C22H19BrN2O4/c1-13-20(25-22(29-13)14-2-5-16(23)6-3-14)12-28-17-7-8-19-18(10-17)15(11-24-19)4-9-21(26)27/h2-3,5-8,10-11,24H,4,9,12H2,1H3,(H,26,27). The highest BCUT2D eigenvalue weighted by molar-refractivity contribution is 9.10. The molecule has 0 fully saturated rings. The Morgan fingerprint density at radius 1 is 1.24 bits per heavy atom. The molecule has 0 atom stereocenters. The van der Waals surface area contributed by atoms with E-state index in [0.29, 0.717) is 23.8 Å². The average Bonchev–Trinajstić information content (AvgIpc) is 3.28. The van der Waals surface area contributed by atoms with Crippen molar-refractivity contribution >= 4 is 32.8 Å². The molecule has 0 aliphatic heterocycles. The lowest BCUT2D eigenvalue weighted by Crippen LogP contribution is -1.98. The van der Waals surface area contributed by atoms with Crippen LogP contribution >= 0.6 is 15.9 Å². The maximum absolute atomic E-state index is 10.9. The number of carboxylic acids is 1. The predicted molar refractivity (Wildman–Crippen MR) is 113 cm³/mol. The summed E-state index contributed by atoms with van der Waals surface area (Å²) in [6.07, 6.45) is 2.41. The number of aromatic nitrogens is 2. The minimum atomic E-state index is -0.810. The number of carboxylic acid groups (broad SMARTS) is 1. The second-order valence-electron chi connectivity index (χ2n) is 6.73. The summed E-state index contributed by atoms with van der Waals surface area (Å²) in [5.74, 6) is 1.16. The zero-order valence-electron chi connectivity index (χ0n) is 15.7. The van der Waals surface area contributed by atoms with Gasteiger partial charge in [0.2, 0.25) is 5.89 Å². The third kappa shape index (κ3) is 4.35. The molecule has 0 radical (unpaired) electrons. The van der Waals surface area contributed by atoms with Gasteiger partial charge in [-0.15, -0.1) is 0 Å². The monoisotopic (exact) mass is 454 g/mol. The number of aromatic amines is 1. The van der Waals surface area contributed by atoms with Gasteiger partial charge in [0.05, 0.1) is 0 Å². The molecule has 0 spiro atoms. The molecule has 0 saturated heterocycles. The summed E-state index contributed by atoms with van der Waals surface area (Å²) in [5, 5.41) is 9.89. The summed E-state index contributed by atoms with van der Waals surface area (Å²) in [5.41, 5.74) is 3.55. The smallest absolute Gasteiger partial charge is 0.303 e. The van der Waals surface area contributed by atoms with Gasteiger partial charge in [-0.05, 0) is 61.4 Å². The Bertz CT molecular complexity index is 1160. The SMILES string of the molecule is Cc1oc(-c2ccc(Br)cc2)nc1COc1ccc2[nH]cc(CCC(=O)O)c2c1. The Kier molecular flexibility index (Phi) is 5.40. The fourth-order valence-corrected chi connectivity index (χ4v) is 3.39. The van der Waals surface area contributed by atoms with E-state index < -0.39 is 5.97 Å². The van der Waals surface area contributed by atoms with Crippen LogP contribution in [0.3, 0.4) is 0 Å². The van der Waals surface area contributed by atoms with Gasteiger partial charge in [0.1, 0.15) is 23.8 Å². The molecule has 29 heavy (non-hydrogen) atoms. The van der Waals surface area contributed by atoms with E-state index in [9.17, 15) is 4.79 Å². The summed E-state index contributed by atoms with van der Waals surface area (Å²) < 4.78 is 12.7. The highest BCUT2D eigenvalue weighted by Gasteiger charge is 2.13. The van der Waals surface area contributed by atoms with Gasteiger partial charge in [0.15, 0.2) is 0 Å². The van der Waals surface area contributed by atoms with E-state index in [1.165, 1.54) is 0 Å². The first kappa shape index (κ1) is 19.3. The first-order valence-corrected chi connectivity index (χ1v) is 9.96. The molecule has 7 heteroatoms. The van der Waals surface area contributed by atoms with Gasteiger partial charge in [-0.3, -0.25) is 4.79 Å². The Hall–Kier alpha value is -3.06. The summed E-state index contributed by atoms with van der Waals surface area (Å²) >= 11 is 3.42. The number of halogens is 1. The van der Waals surface area contributed by atoms with E-state index in [-0.39, 0.29) is 13.0 Å². The minimum absolute atomic E-state index is 0.0923.